The van der Waals surface area contributed by atoms with Crippen LogP contribution in [0, 0.1) is 5.82 Å². The van der Waals surface area contributed by atoms with Crippen LogP contribution in [-0.4, -0.2) is 29.1 Å². The summed E-state index contributed by atoms with van der Waals surface area (Å²) < 4.78 is 19.6. The van der Waals surface area contributed by atoms with Crippen molar-refractivity contribution in [2.45, 2.75) is 4.90 Å². The van der Waals surface area contributed by atoms with Crippen molar-refractivity contribution in [3.63, 3.8) is 0 Å². The smallest absolute Gasteiger partial charge is 0.358 e. The van der Waals surface area contributed by atoms with Gasteiger partial charge in [-0.2, -0.15) is 5.10 Å². The van der Waals surface area contributed by atoms with Crippen LogP contribution in [0.4, 0.5) is 4.39 Å². The van der Waals surface area contributed by atoms with E-state index in [1.165, 1.54) is 19.2 Å². The molecule has 3 rings (SSSR count). The van der Waals surface area contributed by atoms with Crippen molar-refractivity contribution in [3.8, 4) is 16.9 Å². The Morgan fingerprint density at radius 2 is 1.79 bits per heavy atom. The normalized spacial score (nSPS) is 10.6. The van der Waals surface area contributed by atoms with Gasteiger partial charge >= 0.3 is 5.97 Å². The van der Waals surface area contributed by atoms with Crippen molar-refractivity contribution in [2.24, 2.45) is 0 Å². The number of esters is 1. The van der Waals surface area contributed by atoms with Crippen LogP contribution in [0.3, 0.4) is 0 Å². The molecule has 2 aromatic carbocycles. The lowest BCUT2D eigenvalue weighted by Crippen LogP contribution is -2.04. The minimum absolute atomic E-state index is 0.200. The number of halogens is 1. The fourth-order valence-corrected chi connectivity index (χ4v) is 2.74. The van der Waals surface area contributed by atoms with Gasteiger partial charge < -0.3 is 4.74 Å². The summed E-state index contributed by atoms with van der Waals surface area (Å²) >= 11 is 1.65. The quantitative estimate of drug-likeness (QED) is 0.527. The highest BCUT2D eigenvalue weighted by Crippen LogP contribution is 2.26. The third-order valence-electron chi connectivity index (χ3n) is 3.56. The lowest BCUT2D eigenvalue weighted by atomic mass is 10.1. The predicted molar refractivity (Wildman–Crippen MR) is 92.1 cm³/mol. The first-order valence-electron chi connectivity index (χ1n) is 7.21. The molecule has 0 aliphatic rings. The average Bonchev–Trinajstić information content (AvgIpc) is 3.07. The van der Waals surface area contributed by atoms with Crippen LogP contribution >= 0.6 is 11.8 Å². The summed E-state index contributed by atoms with van der Waals surface area (Å²) in [5.41, 5.74) is 2.50. The molecule has 1 aromatic heterocycles. The Morgan fingerprint density at radius 1 is 1.12 bits per heavy atom. The maximum absolute atomic E-state index is 13.2. The zero-order valence-electron chi connectivity index (χ0n) is 13.2. The first-order chi connectivity index (χ1) is 11.6. The molecule has 0 amide bonds. The number of nitrogens with zero attached hydrogens (tertiary/aromatic N) is 2. The van der Waals surface area contributed by atoms with E-state index in [0.29, 0.717) is 5.69 Å². The number of carbonyl (C=O) groups is 1. The van der Waals surface area contributed by atoms with Gasteiger partial charge in [0.1, 0.15) is 5.82 Å². The van der Waals surface area contributed by atoms with E-state index in [2.05, 4.69) is 5.10 Å². The maximum Gasteiger partial charge on any atom is 0.358 e. The molecule has 0 N–H and O–H groups in total. The van der Waals surface area contributed by atoms with Gasteiger partial charge in [0.2, 0.25) is 0 Å². The summed E-state index contributed by atoms with van der Waals surface area (Å²) in [6, 6.07) is 15.5. The standard InChI is InChI=1S/C18H15FN2O2S/c1-23-18(22)16-11-17(12-3-9-15(24-2)10-4-12)21(20-16)14-7-5-13(19)6-8-14/h3-11H,1-2H3. The summed E-state index contributed by atoms with van der Waals surface area (Å²) in [7, 11) is 1.31. The Hall–Kier alpha value is -2.60. The van der Waals surface area contributed by atoms with E-state index in [-0.39, 0.29) is 11.5 Å². The molecule has 0 saturated carbocycles. The van der Waals surface area contributed by atoms with Gasteiger partial charge in [0.05, 0.1) is 18.5 Å². The van der Waals surface area contributed by atoms with E-state index in [1.807, 2.05) is 30.5 Å². The monoisotopic (exact) mass is 342 g/mol. The lowest BCUT2D eigenvalue weighted by Gasteiger charge is -2.08. The lowest BCUT2D eigenvalue weighted by molar-refractivity contribution is 0.0593. The summed E-state index contributed by atoms with van der Waals surface area (Å²) in [5, 5.41) is 4.31. The van der Waals surface area contributed by atoms with Crippen LogP contribution in [0.2, 0.25) is 0 Å². The average molecular weight is 342 g/mol. The van der Waals surface area contributed by atoms with E-state index in [4.69, 9.17) is 4.74 Å². The molecule has 6 heteroatoms. The van der Waals surface area contributed by atoms with Crippen LogP contribution < -0.4 is 0 Å². The van der Waals surface area contributed by atoms with Crippen molar-refractivity contribution < 1.29 is 13.9 Å². The van der Waals surface area contributed by atoms with E-state index in [0.717, 1.165) is 16.2 Å². The van der Waals surface area contributed by atoms with Gasteiger partial charge in [-0.05, 0) is 48.7 Å². The highest BCUT2D eigenvalue weighted by Gasteiger charge is 2.17. The van der Waals surface area contributed by atoms with Gasteiger partial charge in [0.15, 0.2) is 5.69 Å². The maximum atomic E-state index is 13.2. The number of carbonyl (C=O) groups excluding carboxylic acids is 1. The molecule has 0 aliphatic carbocycles. The van der Waals surface area contributed by atoms with Crippen LogP contribution in [0.15, 0.2) is 59.5 Å². The van der Waals surface area contributed by atoms with Crippen LogP contribution in [0.1, 0.15) is 10.5 Å². The number of hydrogen-bond donors (Lipinski definition) is 0. The Bertz CT molecular complexity index is 858. The zero-order chi connectivity index (χ0) is 17.1. The zero-order valence-corrected chi connectivity index (χ0v) is 14.0. The first-order valence-corrected chi connectivity index (χ1v) is 8.43. The minimum Gasteiger partial charge on any atom is -0.464 e. The van der Waals surface area contributed by atoms with E-state index in [1.54, 1.807) is 34.6 Å². The second kappa shape index (κ2) is 6.88. The number of thioether (sulfide) groups is 1. The third kappa shape index (κ3) is 3.19. The van der Waals surface area contributed by atoms with Crippen molar-refractivity contribution in [3.05, 3.63) is 66.1 Å². The van der Waals surface area contributed by atoms with Gasteiger partial charge in [0, 0.05) is 10.5 Å². The van der Waals surface area contributed by atoms with Gasteiger partial charge in [-0.1, -0.05) is 12.1 Å². The number of rotatable bonds is 4. The number of benzene rings is 2. The van der Waals surface area contributed by atoms with E-state index in [9.17, 15) is 9.18 Å². The minimum atomic E-state index is -0.516. The molecule has 0 aliphatic heterocycles. The van der Waals surface area contributed by atoms with Crippen LogP contribution in [-0.2, 0) is 4.74 Å². The molecule has 0 bridgehead atoms. The number of hydrogen-bond acceptors (Lipinski definition) is 4. The molecule has 0 unspecified atom stereocenters. The summed E-state index contributed by atoms with van der Waals surface area (Å²) in [4.78, 5) is 13.0. The molecule has 0 radical (unpaired) electrons. The molecular weight excluding hydrogens is 327 g/mol. The van der Waals surface area contributed by atoms with Gasteiger partial charge in [-0.15, -0.1) is 11.8 Å². The molecule has 0 atom stereocenters. The number of ether oxygens (including phenoxy) is 1. The summed E-state index contributed by atoms with van der Waals surface area (Å²) in [6.07, 6.45) is 2.01. The molecular formula is C18H15FN2O2S. The largest absolute Gasteiger partial charge is 0.464 e. The van der Waals surface area contributed by atoms with Crippen molar-refractivity contribution in [2.75, 3.05) is 13.4 Å². The summed E-state index contributed by atoms with van der Waals surface area (Å²) in [5.74, 6) is -0.845. The summed E-state index contributed by atoms with van der Waals surface area (Å²) in [6.45, 7) is 0. The molecule has 122 valence electrons. The highest BCUT2D eigenvalue weighted by atomic mass is 32.2. The van der Waals surface area contributed by atoms with Gasteiger partial charge in [-0.25, -0.2) is 13.9 Å². The van der Waals surface area contributed by atoms with Gasteiger partial charge in [0.25, 0.3) is 0 Å². The second-order valence-corrected chi connectivity index (χ2v) is 5.90. The van der Waals surface area contributed by atoms with Crippen LogP contribution in [0.5, 0.6) is 0 Å². The second-order valence-electron chi connectivity index (χ2n) is 5.02. The number of methoxy groups -OCH3 is 1. The molecule has 3 aromatic rings. The molecule has 4 nitrogen and oxygen atoms in total. The molecule has 1 heterocycles. The van der Waals surface area contributed by atoms with Crippen LogP contribution in [0.25, 0.3) is 16.9 Å². The number of aromatic nitrogens is 2. The SMILES string of the molecule is COC(=O)c1cc(-c2ccc(SC)cc2)n(-c2ccc(F)cc2)n1. The third-order valence-corrected chi connectivity index (χ3v) is 4.30. The Labute approximate surface area is 143 Å². The molecule has 0 spiro atoms. The van der Waals surface area contributed by atoms with Crippen molar-refractivity contribution >= 4 is 17.7 Å². The first kappa shape index (κ1) is 16.3. The van der Waals surface area contributed by atoms with Crippen molar-refractivity contribution in [1.82, 2.24) is 9.78 Å². The van der Waals surface area contributed by atoms with Gasteiger partial charge in [-0.3, -0.25) is 0 Å². The fourth-order valence-electron chi connectivity index (χ4n) is 2.33. The molecule has 24 heavy (non-hydrogen) atoms. The van der Waals surface area contributed by atoms with E-state index >= 15 is 0 Å². The topological polar surface area (TPSA) is 44.1 Å². The Kier molecular flexibility index (Phi) is 4.66. The predicted octanol–water partition coefficient (Wildman–Crippen LogP) is 4.19. The Balaban J connectivity index is 2.13. The van der Waals surface area contributed by atoms with E-state index < -0.39 is 5.97 Å². The van der Waals surface area contributed by atoms with Crippen molar-refractivity contribution in [1.29, 1.82) is 0 Å². The highest BCUT2D eigenvalue weighted by molar-refractivity contribution is 7.98. The molecule has 0 fully saturated rings. The molecule has 0 saturated heterocycles. The fraction of sp³-hybridized carbons (Fsp3) is 0.111. The Morgan fingerprint density at radius 3 is 2.38 bits per heavy atom.